The van der Waals surface area contributed by atoms with E-state index in [1.807, 2.05) is 25.1 Å². The predicted octanol–water partition coefficient (Wildman–Crippen LogP) is 2.98. The van der Waals surface area contributed by atoms with E-state index in [1.165, 1.54) is 6.20 Å². The van der Waals surface area contributed by atoms with Gasteiger partial charge in [-0.25, -0.2) is 4.98 Å². The topological polar surface area (TPSA) is 50.1 Å². The molecule has 0 saturated carbocycles. The molecule has 0 atom stereocenters. The first kappa shape index (κ1) is 11.0. The van der Waals surface area contributed by atoms with Crippen LogP contribution in [0.25, 0.3) is 22.6 Å². The number of aryl methyl sites for hydroxylation is 1. The lowest BCUT2D eigenvalue weighted by molar-refractivity contribution is -0.903. The van der Waals surface area contributed by atoms with Gasteiger partial charge in [-0.1, -0.05) is 6.07 Å². The summed E-state index contributed by atoms with van der Waals surface area (Å²) >= 11 is 5.83. The number of benzene rings is 1. The van der Waals surface area contributed by atoms with E-state index in [4.69, 9.17) is 16.0 Å². The standard InChI is InChI=1S/C13H10ClN2O2/c1-8-2-3-11-10(6-8)15-13(18-11)9-4-5-16(17)12(14)7-9/h2-7,17H,1H3/q+1. The van der Waals surface area contributed by atoms with Gasteiger partial charge in [0.2, 0.25) is 12.1 Å². The molecule has 0 fully saturated rings. The second-order valence-corrected chi connectivity index (χ2v) is 4.46. The molecule has 0 aliphatic rings. The molecular formula is C13H10ClN2O2+. The normalized spacial score (nSPS) is 11.0. The molecule has 18 heavy (non-hydrogen) atoms. The van der Waals surface area contributed by atoms with E-state index >= 15 is 0 Å². The van der Waals surface area contributed by atoms with Crippen molar-refractivity contribution < 1.29 is 14.4 Å². The van der Waals surface area contributed by atoms with Crippen molar-refractivity contribution in [1.82, 2.24) is 4.98 Å². The van der Waals surface area contributed by atoms with E-state index in [2.05, 4.69) is 4.98 Å². The van der Waals surface area contributed by atoms with Crippen LogP contribution in [0.5, 0.6) is 0 Å². The van der Waals surface area contributed by atoms with E-state index in [9.17, 15) is 5.21 Å². The van der Waals surface area contributed by atoms with Crippen LogP contribution < -0.4 is 4.73 Å². The fraction of sp³-hybridized carbons (Fsp3) is 0.0769. The minimum atomic E-state index is 0.200. The van der Waals surface area contributed by atoms with Gasteiger partial charge >= 0.3 is 5.15 Å². The summed E-state index contributed by atoms with van der Waals surface area (Å²) in [6.45, 7) is 2.00. The lowest BCUT2D eigenvalue weighted by atomic mass is 10.2. The van der Waals surface area contributed by atoms with Crippen molar-refractivity contribution >= 4 is 22.7 Å². The Labute approximate surface area is 108 Å². The average Bonchev–Trinajstić information content (AvgIpc) is 2.75. The molecule has 0 aliphatic carbocycles. The molecule has 0 aliphatic heterocycles. The van der Waals surface area contributed by atoms with Gasteiger partial charge in [0.25, 0.3) is 0 Å². The fourth-order valence-corrected chi connectivity index (χ4v) is 1.93. The molecule has 3 aromatic rings. The van der Waals surface area contributed by atoms with Crippen LogP contribution >= 0.6 is 11.6 Å². The molecule has 1 aromatic carbocycles. The summed E-state index contributed by atoms with van der Waals surface area (Å²) in [6.07, 6.45) is 1.44. The second-order valence-electron chi connectivity index (χ2n) is 4.07. The van der Waals surface area contributed by atoms with Crippen molar-refractivity contribution in [2.45, 2.75) is 6.92 Å². The van der Waals surface area contributed by atoms with Gasteiger partial charge in [0.05, 0.1) is 5.56 Å². The van der Waals surface area contributed by atoms with Crippen molar-refractivity contribution in [1.29, 1.82) is 0 Å². The Balaban J connectivity index is 2.16. The van der Waals surface area contributed by atoms with E-state index in [1.54, 1.807) is 12.1 Å². The van der Waals surface area contributed by atoms with Crippen molar-refractivity contribution in [2.24, 2.45) is 0 Å². The maximum atomic E-state index is 9.30. The van der Waals surface area contributed by atoms with Gasteiger partial charge in [-0.15, -0.1) is 0 Å². The number of oxazole rings is 1. The number of fused-ring (bicyclic) bond motifs is 1. The van der Waals surface area contributed by atoms with Crippen LogP contribution in [0.15, 0.2) is 40.9 Å². The van der Waals surface area contributed by atoms with Crippen molar-refractivity contribution in [2.75, 3.05) is 0 Å². The Hall–Kier alpha value is -2.07. The van der Waals surface area contributed by atoms with Gasteiger partial charge in [0.1, 0.15) is 5.52 Å². The lowest BCUT2D eigenvalue weighted by Gasteiger charge is -1.92. The second kappa shape index (κ2) is 3.99. The Morgan fingerprint density at radius 2 is 2.11 bits per heavy atom. The van der Waals surface area contributed by atoms with Gasteiger partial charge < -0.3 is 4.42 Å². The average molecular weight is 262 g/mol. The lowest BCUT2D eigenvalue weighted by Crippen LogP contribution is -2.30. The van der Waals surface area contributed by atoms with Crippen LogP contribution in [0.2, 0.25) is 5.15 Å². The molecule has 1 N–H and O–H groups in total. The first-order chi connectivity index (χ1) is 8.63. The number of aromatic nitrogens is 2. The Morgan fingerprint density at radius 3 is 2.89 bits per heavy atom. The summed E-state index contributed by atoms with van der Waals surface area (Å²) in [7, 11) is 0. The zero-order chi connectivity index (χ0) is 12.7. The van der Waals surface area contributed by atoms with E-state index < -0.39 is 0 Å². The number of halogens is 1. The quantitative estimate of drug-likeness (QED) is 0.416. The van der Waals surface area contributed by atoms with E-state index in [0.29, 0.717) is 5.89 Å². The highest BCUT2D eigenvalue weighted by atomic mass is 35.5. The number of pyridine rings is 1. The molecule has 0 amide bonds. The smallest absolute Gasteiger partial charge is 0.325 e. The van der Waals surface area contributed by atoms with Crippen LogP contribution in [0.1, 0.15) is 5.56 Å². The summed E-state index contributed by atoms with van der Waals surface area (Å²) in [4.78, 5) is 4.40. The SMILES string of the molecule is Cc1ccc2oc(-c3cc[n+](O)c(Cl)c3)nc2c1. The van der Waals surface area contributed by atoms with Crippen LogP contribution in [-0.4, -0.2) is 10.2 Å². The molecular weight excluding hydrogens is 252 g/mol. The van der Waals surface area contributed by atoms with Crippen molar-refractivity contribution in [3.05, 3.63) is 47.2 Å². The third-order valence-electron chi connectivity index (χ3n) is 2.68. The van der Waals surface area contributed by atoms with Gasteiger partial charge in [0.15, 0.2) is 5.58 Å². The summed E-state index contributed by atoms with van der Waals surface area (Å²) in [5, 5.41) is 9.50. The van der Waals surface area contributed by atoms with Crippen LogP contribution in [0.4, 0.5) is 0 Å². The Kier molecular flexibility index (Phi) is 2.45. The fourth-order valence-electron chi connectivity index (χ4n) is 1.76. The van der Waals surface area contributed by atoms with Gasteiger partial charge in [-0.3, -0.25) is 5.21 Å². The molecule has 5 heteroatoms. The molecule has 3 rings (SSSR count). The van der Waals surface area contributed by atoms with E-state index in [0.717, 1.165) is 27.0 Å². The summed E-state index contributed by atoms with van der Waals surface area (Å²) < 4.78 is 6.47. The highest BCUT2D eigenvalue weighted by Crippen LogP contribution is 2.25. The monoisotopic (exact) mass is 261 g/mol. The highest BCUT2D eigenvalue weighted by Gasteiger charge is 2.13. The third kappa shape index (κ3) is 1.80. The Morgan fingerprint density at radius 1 is 1.28 bits per heavy atom. The summed E-state index contributed by atoms with van der Waals surface area (Å²) in [5.41, 5.74) is 3.38. The van der Waals surface area contributed by atoms with Crippen molar-refractivity contribution in [3.63, 3.8) is 0 Å². The Bertz CT molecular complexity index is 737. The van der Waals surface area contributed by atoms with E-state index in [-0.39, 0.29) is 5.15 Å². The first-order valence-corrected chi connectivity index (χ1v) is 5.79. The minimum absolute atomic E-state index is 0.200. The summed E-state index contributed by atoms with van der Waals surface area (Å²) in [5.74, 6) is 0.484. The third-order valence-corrected chi connectivity index (χ3v) is 2.96. The molecule has 0 bridgehead atoms. The van der Waals surface area contributed by atoms with Gasteiger partial charge in [-0.05, 0) is 36.2 Å². The minimum Gasteiger partial charge on any atom is -0.436 e. The molecule has 0 radical (unpaired) electrons. The maximum Gasteiger partial charge on any atom is 0.325 e. The number of nitrogens with zero attached hydrogens (tertiary/aromatic N) is 2. The van der Waals surface area contributed by atoms with Crippen LogP contribution in [-0.2, 0) is 0 Å². The molecule has 0 saturated heterocycles. The number of hydrogen-bond acceptors (Lipinski definition) is 3. The zero-order valence-electron chi connectivity index (χ0n) is 9.59. The molecule has 2 heterocycles. The van der Waals surface area contributed by atoms with Crippen molar-refractivity contribution in [3.8, 4) is 11.5 Å². The molecule has 0 spiro atoms. The van der Waals surface area contributed by atoms with Gasteiger partial charge in [-0.2, -0.15) is 0 Å². The van der Waals surface area contributed by atoms with Crippen LogP contribution in [0.3, 0.4) is 0 Å². The highest BCUT2D eigenvalue weighted by molar-refractivity contribution is 6.28. The van der Waals surface area contributed by atoms with Gasteiger partial charge in [0, 0.05) is 16.9 Å². The number of hydrogen-bond donors (Lipinski definition) is 1. The number of rotatable bonds is 1. The summed E-state index contributed by atoms with van der Waals surface area (Å²) in [6, 6.07) is 9.09. The molecule has 2 aromatic heterocycles. The molecule has 4 nitrogen and oxygen atoms in total. The maximum absolute atomic E-state index is 9.30. The first-order valence-electron chi connectivity index (χ1n) is 5.41. The predicted molar refractivity (Wildman–Crippen MR) is 66.6 cm³/mol. The van der Waals surface area contributed by atoms with Crippen LogP contribution in [0, 0.1) is 6.92 Å². The largest absolute Gasteiger partial charge is 0.436 e. The molecule has 0 unspecified atom stereocenters. The molecule has 90 valence electrons. The zero-order valence-corrected chi connectivity index (χ0v) is 10.3.